The van der Waals surface area contributed by atoms with Gasteiger partial charge in [-0.2, -0.15) is 0 Å². The molecule has 218 valence electrons. The van der Waals surface area contributed by atoms with Crippen LogP contribution in [0.1, 0.15) is 115 Å². The molecule has 2 amide bonds. The van der Waals surface area contributed by atoms with Gasteiger partial charge in [-0.25, -0.2) is 0 Å². The number of fused-ring (bicyclic) bond motifs is 1. The van der Waals surface area contributed by atoms with Crippen LogP contribution in [0.5, 0.6) is 0 Å². The molecule has 0 aliphatic heterocycles. The van der Waals surface area contributed by atoms with Crippen LogP contribution in [-0.2, 0) is 17.3 Å². The quantitative estimate of drug-likeness (QED) is 0.236. The van der Waals surface area contributed by atoms with E-state index in [-0.39, 0.29) is 22.5 Å². The molecule has 1 aliphatic carbocycles. The summed E-state index contributed by atoms with van der Waals surface area (Å²) < 4.78 is 6.03. The number of hydrogen-bond donors (Lipinski definition) is 2. The lowest BCUT2D eigenvalue weighted by Crippen LogP contribution is -2.34. The third-order valence-electron chi connectivity index (χ3n) is 8.81. The summed E-state index contributed by atoms with van der Waals surface area (Å²) >= 11 is 0. The Morgan fingerprint density at radius 3 is 2.12 bits per heavy atom. The van der Waals surface area contributed by atoms with Gasteiger partial charge in [0.2, 0.25) is 0 Å². The van der Waals surface area contributed by atoms with Crippen molar-refractivity contribution in [2.75, 3.05) is 10.6 Å². The monoisotopic (exact) mass is 562 g/mol. The zero-order chi connectivity index (χ0) is 30.2. The number of anilines is 2. The Morgan fingerprint density at radius 2 is 1.45 bits per heavy atom. The molecular weight excluding hydrogens is 520 g/mol. The van der Waals surface area contributed by atoms with Crippen molar-refractivity contribution < 1.29 is 14.0 Å². The van der Waals surface area contributed by atoms with E-state index in [1.165, 1.54) is 34.2 Å². The molecule has 5 nitrogen and oxygen atoms in total. The smallest absolute Gasteiger partial charge is 0.291 e. The van der Waals surface area contributed by atoms with Gasteiger partial charge >= 0.3 is 0 Å². The van der Waals surface area contributed by atoms with E-state index in [1.807, 2.05) is 30.3 Å². The van der Waals surface area contributed by atoms with E-state index in [2.05, 4.69) is 71.2 Å². The maximum Gasteiger partial charge on any atom is 0.291 e. The highest BCUT2D eigenvalue weighted by Crippen LogP contribution is 2.46. The summed E-state index contributed by atoms with van der Waals surface area (Å²) in [6.45, 7) is 15.7. The molecule has 42 heavy (non-hydrogen) atoms. The number of para-hydroxylation sites is 1. The van der Waals surface area contributed by atoms with Crippen molar-refractivity contribution in [3.05, 3.63) is 118 Å². The zero-order valence-corrected chi connectivity index (χ0v) is 25.9. The first-order chi connectivity index (χ1) is 19.8. The minimum absolute atomic E-state index is 0.124. The molecule has 0 atom stereocenters. The van der Waals surface area contributed by atoms with E-state index in [1.54, 1.807) is 30.3 Å². The van der Waals surface area contributed by atoms with Crippen molar-refractivity contribution in [3.8, 4) is 0 Å². The second-order valence-electron chi connectivity index (χ2n) is 13.3. The number of benzene rings is 3. The van der Waals surface area contributed by atoms with Gasteiger partial charge in [0, 0.05) is 12.1 Å². The van der Waals surface area contributed by atoms with Gasteiger partial charge in [-0.3, -0.25) is 9.59 Å². The van der Waals surface area contributed by atoms with Crippen LogP contribution in [-0.4, -0.2) is 11.8 Å². The van der Waals surface area contributed by atoms with E-state index in [9.17, 15) is 9.59 Å². The summed E-state index contributed by atoms with van der Waals surface area (Å²) in [5, 5.41) is 5.81. The molecule has 1 heterocycles. The zero-order valence-electron chi connectivity index (χ0n) is 25.9. The largest absolute Gasteiger partial charge is 0.456 e. The molecule has 0 radical (unpaired) electrons. The first-order valence-electron chi connectivity index (χ1n) is 14.9. The van der Waals surface area contributed by atoms with Gasteiger partial charge in [-0.15, -0.1) is 0 Å². The summed E-state index contributed by atoms with van der Waals surface area (Å²) in [5.74, 6) is 0.660. The molecule has 3 aromatic carbocycles. The van der Waals surface area contributed by atoms with Crippen molar-refractivity contribution in [2.45, 2.75) is 84.5 Å². The fourth-order valence-electron chi connectivity index (χ4n) is 5.86. The number of nitrogens with one attached hydrogen (secondary N) is 2. The number of aryl methyl sites for hydroxylation is 1. The molecule has 1 aromatic heterocycles. The Hall–Kier alpha value is -4.12. The lowest BCUT2D eigenvalue weighted by Gasteiger charge is -2.42. The third-order valence-corrected chi connectivity index (χ3v) is 8.81. The van der Waals surface area contributed by atoms with Crippen molar-refractivity contribution in [2.24, 2.45) is 0 Å². The van der Waals surface area contributed by atoms with Crippen LogP contribution in [0.4, 0.5) is 11.4 Å². The van der Waals surface area contributed by atoms with E-state index in [4.69, 9.17) is 4.42 Å². The van der Waals surface area contributed by atoms with E-state index in [0.717, 1.165) is 12.2 Å². The molecule has 0 saturated heterocycles. The van der Waals surface area contributed by atoms with Crippen molar-refractivity contribution in [3.63, 3.8) is 0 Å². The van der Waals surface area contributed by atoms with Crippen LogP contribution in [0.15, 0.2) is 77.2 Å². The molecule has 5 rings (SSSR count). The fourth-order valence-corrected chi connectivity index (χ4v) is 5.86. The van der Waals surface area contributed by atoms with Crippen LogP contribution in [0.2, 0.25) is 0 Å². The number of carbonyl (C=O) groups excluding carboxylic acids is 2. The van der Waals surface area contributed by atoms with E-state index >= 15 is 0 Å². The van der Waals surface area contributed by atoms with Gasteiger partial charge in [0.15, 0.2) is 5.76 Å². The highest BCUT2D eigenvalue weighted by Gasteiger charge is 2.37. The summed E-state index contributed by atoms with van der Waals surface area (Å²) in [6.07, 6.45) is 2.95. The lowest BCUT2D eigenvalue weighted by molar-refractivity contribution is 0.0995. The summed E-state index contributed by atoms with van der Waals surface area (Å²) in [6, 6.07) is 23.1. The average Bonchev–Trinajstić information content (AvgIpc) is 3.41. The van der Waals surface area contributed by atoms with Crippen LogP contribution < -0.4 is 10.6 Å². The first-order valence-corrected chi connectivity index (χ1v) is 14.9. The Morgan fingerprint density at radius 1 is 0.810 bits per heavy atom. The van der Waals surface area contributed by atoms with Crippen LogP contribution in [0.3, 0.4) is 0 Å². The molecule has 0 unspecified atom stereocenters. The topological polar surface area (TPSA) is 71.3 Å². The second-order valence-corrected chi connectivity index (χ2v) is 13.3. The predicted octanol–water partition coefficient (Wildman–Crippen LogP) is 9.16. The molecule has 4 aromatic rings. The highest BCUT2D eigenvalue weighted by molar-refractivity contribution is 6.12. The molecule has 0 spiro atoms. The number of furan rings is 1. The number of amides is 2. The standard InChI is InChI=1S/C37H42N2O3/c1-23(2)25-12-14-27(15-13-25)38-34(40)29-10-8-9-11-32(29)39-35(41)33-17-16-28(42-33)21-26-22-31-30(20-24(26)3)36(4,5)18-19-37(31,6)7/h8-17,20,22-23H,18-19,21H2,1-7H3,(H,38,40)(H,39,41). The SMILES string of the molecule is Cc1cc2c(cc1Cc1ccc(C(=O)Nc3ccccc3C(=O)Nc3ccc(C(C)C)cc3)o1)C(C)(C)CCC2(C)C. The molecule has 0 bridgehead atoms. The molecule has 5 heteroatoms. The van der Waals surface area contributed by atoms with Gasteiger partial charge in [-0.05, 0) is 101 Å². The van der Waals surface area contributed by atoms with Gasteiger partial charge in [-0.1, -0.05) is 77.9 Å². The molecular formula is C37H42N2O3. The third kappa shape index (κ3) is 6.06. The first kappa shape index (κ1) is 29.4. The number of hydrogen-bond acceptors (Lipinski definition) is 3. The Labute approximate surface area is 249 Å². The number of carbonyl (C=O) groups is 2. The molecule has 2 N–H and O–H groups in total. The fraction of sp³-hybridized carbons (Fsp3) is 0.351. The molecule has 1 aliphatic rings. The second kappa shape index (κ2) is 11.3. The average molecular weight is 563 g/mol. The van der Waals surface area contributed by atoms with Crippen LogP contribution in [0.25, 0.3) is 0 Å². The van der Waals surface area contributed by atoms with Crippen LogP contribution >= 0.6 is 0 Å². The Kier molecular flexibility index (Phi) is 7.89. The maximum atomic E-state index is 13.2. The van der Waals surface area contributed by atoms with Crippen molar-refractivity contribution in [1.29, 1.82) is 0 Å². The Balaban J connectivity index is 1.30. The van der Waals surface area contributed by atoms with E-state index < -0.39 is 5.91 Å². The van der Waals surface area contributed by atoms with Gasteiger partial charge in [0.1, 0.15) is 5.76 Å². The normalized spacial score (nSPS) is 15.2. The summed E-state index contributed by atoms with van der Waals surface area (Å²) in [4.78, 5) is 26.3. The lowest BCUT2D eigenvalue weighted by atomic mass is 9.62. The van der Waals surface area contributed by atoms with Crippen molar-refractivity contribution in [1.82, 2.24) is 0 Å². The van der Waals surface area contributed by atoms with Gasteiger partial charge < -0.3 is 15.1 Å². The summed E-state index contributed by atoms with van der Waals surface area (Å²) in [5.41, 5.74) is 8.29. The van der Waals surface area contributed by atoms with Crippen LogP contribution in [0, 0.1) is 6.92 Å². The van der Waals surface area contributed by atoms with Gasteiger partial charge in [0.05, 0.1) is 11.3 Å². The summed E-state index contributed by atoms with van der Waals surface area (Å²) in [7, 11) is 0. The highest BCUT2D eigenvalue weighted by atomic mass is 16.3. The molecule has 0 fully saturated rings. The Bertz CT molecular complexity index is 1620. The minimum Gasteiger partial charge on any atom is -0.456 e. The van der Waals surface area contributed by atoms with E-state index in [0.29, 0.717) is 29.3 Å². The van der Waals surface area contributed by atoms with Gasteiger partial charge in [0.25, 0.3) is 11.8 Å². The van der Waals surface area contributed by atoms with Crippen molar-refractivity contribution >= 4 is 23.2 Å². The predicted molar refractivity (Wildman–Crippen MR) is 171 cm³/mol. The minimum atomic E-state index is -0.396. The molecule has 0 saturated carbocycles. The maximum absolute atomic E-state index is 13.2. The number of rotatable bonds is 7.